The molecule has 3 aromatic rings. The van der Waals surface area contributed by atoms with Crippen molar-refractivity contribution in [3.63, 3.8) is 0 Å². The van der Waals surface area contributed by atoms with Gasteiger partial charge in [0.05, 0.1) is 5.69 Å². The Labute approximate surface area is 118 Å². The Bertz CT molecular complexity index is 762. The van der Waals surface area contributed by atoms with Gasteiger partial charge in [0.25, 0.3) is 0 Å². The zero-order valence-electron chi connectivity index (χ0n) is 10.7. The van der Waals surface area contributed by atoms with E-state index < -0.39 is 0 Å². The summed E-state index contributed by atoms with van der Waals surface area (Å²) in [4.78, 5) is 0.891. The summed E-state index contributed by atoms with van der Waals surface area (Å²) in [5.74, 6) is 0.645. The maximum Gasteiger partial charge on any atom is 0.198 e. The molecule has 0 radical (unpaired) electrons. The van der Waals surface area contributed by atoms with Gasteiger partial charge >= 0.3 is 0 Å². The molecule has 6 nitrogen and oxygen atoms in total. The lowest BCUT2D eigenvalue weighted by atomic mass is 10.2. The molecule has 0 saturated carbocycles. The maximum atomic E-state index is 6.14. The summed E-state index contributed by atoms with van der Waals surface area (Å²) in [6.45, 7) is 5.91. The van der Waals surface area contributed by atoms with Gasteiger partial charge in [-0.1, -0.05) is 23.0 Å². The van der Waals surface area contributed by atoms with Crippen LogP contribution in [-0.2, 0) is 6.42 Å². The van der Waals surface area contributed by atoms with Crippen molar-refractivity contribution in [2.45, 2.75) is 27.2 Å². The Morgan fingerprint density at radius 1 is 1.16 bits per heavy atom. The summed E-state index contributed by atoms with van der Waals surface area (Å²) in [6.07, 6.45) is 0.791. The van der Waals surface area contributed by atoms with Crippen LogP contribution in [0.15, 0.2) is 0 Å². The lowest BCUT2D eigenvalue weighted by molar-refractivity contribution is 0.914. The molecule has 3 aromatic heterocycles. The number of rotatable bonds is 2. The summed E-state index contributed by atoms with van der Waals surface area (Å²) < 4.78 is 5.63. The second-order valence-corrected chi connectivity index (χ2v) is 5.31. The molecule has 0 aromatic carbocycles. The van der Waals surface area contributed by atoms with E-state index in [4.69, 9.17) is 11.6 Å². The molecule has 3 heterocycles. The molecule has 0 aliphatic rings. The van der Waals surface area contributed by atoms with E-state index in [1.54, 1.807) is 4.52 Å². The first kappa shape index (κ1) is 12.4. The Kier molecular flexibility index (Phi) is 2.94. The first-order valence-electron chi connectivity index (χ1n) is 5.83. The van der Waals surface area contributed by atoms with Crippen molar-refractivity contribution in [2.24, 2.45) is 0 Å². The molecule has 8 heteroatoms. The zero-order chi connectivity index (χ0) is 13.6. The van der Waals surface area contributed by atoms with Gasteiger partial charge in [-0.05, 0) is 37.4 Å². The molecule has 0 unspecified atom stereocenters. The smallest absolute Gasteiger partial charge is 0.190 e. The van der Waals surface area contributed by atoms with Crippen LogP contribution in [0.2, 0.25) is 5.15 Å². The van der Waals surface area contributed by atoms with Gasteiger partial charge in [-0.2, -0.15) is 9.61 Å². The van der Waals surface area contributed by atoms with Crippen molar-refractivity contribution in [2.75, 3.05) is 0 Å². The summed E-state index contributed by atoms with van der Waals surface area (Å²) in [7, 11) is 0. The second kappa shape index (κ2) is 4.50. The first-order chi connectivity index (χ1) is 9.13. The Hall–Kier alpha value is -1.60. The van der Waals surface area contributed by atoms with E-state index >= 15 is 0 Å². The largest absolute Gasteiger partial charge is 0.198 e. The molecule has 0 aliphatic carbocycles. The standard InChI is InChI=1S/C11H11ClN6S/c1-4-7-8(19-17-13-7)11-15-14-10-6(3)5(2)9(12)16-18(10)11/h4H2,1-3H3. The van der Waals surface area contributed by atoms with E-state index in [0.717, 1.165) is 28.1 Å². The fraction of sp³-hybridized carbons (Fsp3) is 0.364. The highest BCUT2D eigenvalue weighted by Gasteiger charge is 2.19. The van der Waals surface area contributed by atoms with Crippen molar-refractivity contribution in [1.82, 2.24) is 29.4 Å². The van der Waals surface area contributed by atoms with E-state index in [9.17, 15) is 0 Å². The maximum absolute atomic E-state index is 6.14. The lowest BCUT2D eigenvalue weighted by Gasteiger charge is -2.04. The van der Waals surface area contributed by atoms with E-state index in [-0.39, 0.29) is 0 Å². The molecular weight excluding hydrogens is 284 g/mol. The molecule has 0 aliphatic heterocycles. The molecule has 0 bridgehead atoms. The minimum absolute atomic E-state index is 0.460. The van der Waals surface area contributed by atoms with Crippen LogP contribution in [0.5, 0.6) is 0 Å². The van der Waals surface area contributed by atoms with E-state index in [1.807, 2.05) is 20.8 Å². The average Bonchev–Trinajstić information content (AvgIpc) is 3.01. The highest BCUT2D eigenvalue weighted by Crippen LogP contribution is 2.27. The van der Waals surface area contributed by atoms with E-state index in [2.05, 4.69) is 24.9 Å². The molecule has 0 saturated heterocycles. The normalized spacial score (nSPS) is 11.4. The van der Waals surface area contributed by atoms with Crippen LogP contribution < -0.4 is 0 Å². The van der Waals surface area contributed by atoms with Crippen LogP contribution in [0.1, 0.15) is 23.7 Å². The predicted molar refractivity (Wildman–Crippen MR) is 73.5 cm³/mol. The third kappa shape index (κ3) is 1.81. The fourth-order valence-corrected chi connectivity index (χ4v) is 2.78. The van der Waals surface area contributed by atoms with Gasteiger partial charge in [0.1, 0.15) is 4.88 Å². The van der Waals surface area contributed by atoms with Crippen molar-refractivity contribution in [3.05, 3.63) is 22.0 Å². The second-order valence-electron chi connectivity index (χ2n) is 4.20. The predicted octanol–water partition coefficient (Wildman–Crippen LogP) is 2.48. The first-order valence-corrected chi connectivity index (χ1v) is 6.98. The number of hydrogen-bond donors (Lipinski definition) is 0. The molecule has 0 amide bonds. The highest BCUT2D eigenvalue weighted by molar-refractivity contribution is 7.09. The van der Waals surface area contributed by atoms with E-state index in [1.165, 1.54) is 11.5 Å². The number of halogens is 1. The third-order valence-electron chi connectivity index (χ3n) is 3.13. The monoisotopic (exact) mass is 294 g/mol. The molecule has 0 atom stereocenters. The molecule has 0 spiro atoms. The summed E-state index contributed by atoms with van der Waals surface area (Å²) in [5, 5.41) is 17.3. The Balaban J connectivity index is 2.32. The van der Waals surface area contributed by atoms with Crippen molar-refractivity contribution < 1.29 is 0 Å². The van der Waals surface area contributed by atoms with Crippen molar-refractivity contribution in [3.8, 4) is 10.7 Å². The van der Waals surface area contributed by atoms with Crippen molar-refractivity contribution in [1.29, 1.82) is 0 Å². The summed E-state index contributed by atoms with van der Waals surface area (Å²) >= 11 is 7.44. The van der Waals surface area contributed by atoms with Crippen LogP contribution in [0, 0.1) is 13.8 Å². The van der Waals surface area contributed by atoms with Crippen molar-refractivity contribution >= 4 is 28.8 Å². The molecule has 19 heavy (non-hydrogen) atoms. The topological polar surface area (TPSA) is 68.9 Å². The number of hydrogen-bond acceptors (Lipinski definition) is 6. The van der Waals surface area contributed by atoms with Crippen LogP contribution >= 0.6 is 23.1 Å². The molecular formula is C11H11ClN6S. The van der Waals surface area contributed by atoms with Crippen LogP contribution in [0.25, 0.3) is 16.3 Å². The van der Waals surface area contributed by atoms with Gasteiger partial charge in [-0.3, -0.25) is 0 Å². The van der Waals surface area contributed by atoms with E-state index in [0.29, 0.717) is 16.6 Å². The minimum Gasteiger partial charge on any atom is -0.190 e. The number of nitrogens with zero attached hydrogens (tertiary/aromatic N) is 6. The summed E-state index contributed by atoms with van der Waals surface area (Å²) in [5.41, 5.74) is 3.52. The molecule has 0 fully saturated rings. The van der Waals surface area contributed by atoms with Crippen LogP contribution in [0.4, 0.5) is 0 Å². The number of aryl methyl sites for hydroxylation is 2. The fourth-order valence-electron chi connectivity index (χ4n) is 1.84. The average molecular weight is 295 g/mol. The quantitative estimate of drug-likeness (QED) is 0.726. The summed E-state index contributed by atoms with van der Waals surface area (Å²) in [6, 6.07) is 0. The minimum atomic E-state index is 0.460. The van der Waals surface area contributed by atoms with Crippen LogP contribution in [0.3, 0.4) is 0 Å². The Morgan fingerprint density at radius 3 is 2.68 bits per heavy atom. The zero-order valence-corrected chi connectivity index (χ0v) is 12.2. The SMILES string of the molecule is CCc1nnsc1-c1nnc2c(C)c(C)c(Cl)nn12. The van der Waals surface area contributed by atoms with Gasteiger partial charge in [0, 0.05) is 5.56 Å². The van der Waals surface area contributed by atoms with Gasteiger partial charge in [0.15, 0.2) is 16.6 Å². The Morgan fingerprint density at radius 2 is 1.95 bits per heavy atom. The number of aromatic nitrogens is 6. The van der Waals surface area contributed by atoms with Gasteiger partial charge in [-0.15, -0.1) is 15.3 Å². The molecule has 98 valence electrons. The van der Waals surface area contributed by atoms with Gasteiger partial charge in [-0.25, -0.2) is 0 Å². The lowest BCUT2D eigenvalue weighted by Crippen LogP contribution is -2.00. The molecule has 0 N–H and O–H groups in total. The van der Waals surface area contributed by atoms with Crippen LogP contribution in [-0.4, -0.2) is 29.4 Å². The number of fused-ring (bicyclic) bond motifs is 1. The third-order valence-corrected chi connectivity index (χ3v) is 4.25. The highest BCUT2D eigenvalue weighted by atomic mass is 35.5. The molecule has 3 rings (SSSR count). The van der Waals surface area contributed by atoms with Gasteiger partial charge < -0.3 is 0 Å². The van der Waals surface area contributed by atoms with Gasteiger partial charge in [0.2, 0.25) is 0 Å².